The van der Waals surface area contributed by atoms with Crippen molar-refractivity contribution < 1.29 is 35.5 Å². The Kier molecular flexibility index (Phi) is 6.22. The standard InChI is InChI=1S/C23H18F4N2O4S/c24-20-11-18(33-14-15-4-2-1-3-5-15)7-9-21(20)28-34(31,32)19-8-6-16-12-29(13-17(16)10-19)22(30)23(25,26)27/h1-11,28H,12-14H2. The zero-order valence-electron chi connectivity index (χ0n) is 17.5. The number of hydrogen-bond acceptors (Lipinski definition) is 4. The molecule has 0 bridgehead atoms. The van der Waals surface area contributed by atoms with Crippen LogP contribution in [0.3, 0.4) is 0 Å². The molecule has 0 aromatic heterocycles. The minimum atomic E-state index is -5.02. The zero-order valence-corrected chi connectivity index (χ0v) is 18.3. The number of carbonyl (C=O) groups is 1. The molecule has 1 heterocycles. The van der Waals surface area contributed by atoms with Gasteiger partial charge in [-0.05, 0) is 41.0 Å². The first-order chi connectivity index (χ1) is 16.0. The zero-order chi connectivity index (χ0) is 24.5. The van der Waals surface area contributed by atoms with Gasteiger partial charge in [0.05, 0.1) is 10.6 Å². The maximum atomic E-state index is 14.5. The number of halogens is 4. The molecule has 178 valence electrons. The van der Waals surface area contributed by atoms with Gasteiger partial charge in [0.15, 0.2) is 5.82 Å². The maximum Gasteiger partial charge on any atom is 0.471 e. The van der Waals surface area contributed by atoms with E-state index < -0.39 is 27.9 Å². The van der Waals surface area contributed by atoms with Gasteiger partial charge in [-0.1, -0.05) is 36.4 Å². The minimum Gasteiger partial charge on any atom is -0.489 e. The molecule has 3 aromatic carbocycles. The lowest BCUT2D eigenvalue weighted by Crippen LogP contribution is -2.37. The fourth-order valence-electron chi connectivity index (χ4n) is 3.47. The fraction of sp³-hybridized carbons (Fsp3) is 0.174. The quantitative estimate of drug-likeness (QED) is 0.508. The molecule has 11 heteroatoms. The lowest BCUT2D eigenvalue weighted by Gasteiger charge is -2.16. The van der Waals surface area contributed by atoms with Crippen LogP contribution in [0.15, 0.2) is 71.6 Å². The molecule has 0 fully saturated rings. The average molecular weight is 494 g/mol. The minimum absolute atomic E-state index is 0.203. The van der Waals surface area contributed by atoms with E-state index in [1.54, 1.807) is 0 Å². The summed E-state index contributed by atoms with van der Waals surface area (Å²) in [7, 11) is -4.25. The number of alkyl halides is 3. The van der Waals surface area contributed by atoms with Crippen LogP contribution in [0.2, 0.25) is 0 Å². The number of benzene rings is 3. The summed E-state index contributed by atoms with van der Waals surface area (Å²) in [4.78, 5) is 11.8. The first-order valence-corrected chi connectivity index (χ1v) is 11.5. The summed E-state index contributed by atoms with van der Waals surface area (Å²) in [5.41, 5.74) is 1.23. The number of fused-ring (bicyclic) bond motifs is 1. The van der Waals surface area contributed by atoms with Crippen LogP contribution in [0.4, 0.5) is 23.2 Å². The van der Waals surface area contributed by atoms with Gasteiger partial charge < -0.3 is 9.64 Å². The van der Waals surface area contributed by atoms with Crippen molar-refractivity contribution in [2.75, 3.05) is 4.72 Å². The number of nitrogens with one attached hydrogen (secondary N) is 1. The van der Waals surface area contributed by atoms with E-state index in [1.807, 2.05) is 30.3 Å². The Morgan fingerprint density at radius 1 is 0.971 bits per heavy atom. The molecule has 0 radical (unpaired) electrons. The van der Waals surface area contributed by atoms with E-state index in [1.165, 1.54) is 30.3 Å². The fourth-order valence-corrected chi connectivity index (χ4v) is 4.59. The Morgan fingerprint density at radius 2 is 1.68 bits per heavy atom. The lowest BCUT2D eigenvalue weighted by molar-refractivity contribution is -0.186. The van der Waals surface area contributed by atoms with Gasteiger partial charge in [0.1, 0.15) is 12.4 Å². The smallest absolute Gasteiger partial charge is 0.471 e. The van der Waals surface area contributed by atoms with Crippen LogP contribution >= 0.6 is 0 Å². The number of rotatable bonds is 6. The molecule has 1 aliphatic heterocycles. The van der Waals surface area contributed by atoms with Gasteiger partial charge in [-0.2, -0.15) is 13.2 Å². The molecule has 1 aliphatic rings. The van der Waals surface area contributed by atoms with Crippen LogP contribution in [-0.4, -0.2) is 25.4 Å². The first-order valence-electron chi connectivity index (χ1n) is 10.00. The number of anilines is 1. The Hall–Kier alpha value is -3.60. The monoisotopic (exact) mass is 494 g/mol. The first kappa shape index (κ1) is 23.6. The van der Waals surface area contributed by atoms with Gasteiger partial charge in [-0.15, -0.1) is 0 Å². The highest BCUT2D eigenvalue weighted by Crippen LogP contribution is 2.30. The van der Waals surface area contributed by atoms with Crippen LogP contribution in [-0.2, 0) is 34.5 Å². The van der Waals surface area contributed by atoms with Crippen molar-refractivity contribution >= 4 is 21.6 Å². The Morgan fingerprint density at radius 3 is 2.35 bits per heavy atom. The van der Waals surface area contributed by atoms with Crippen molar-refractivity contribution in [3.05, 3.63) is 89.2 Å². The molecule has 3 aromatic rings. The van der Waals surface area contributed by atoms with Gasteiger partial charge >= 0.3 is 12.1 Å². The van der Waals surface area contributed by atoms with Crippen molar-refractivity contribution in [3.63, 3.8) is 0 Å². The van der Waals surface area contributed by atoms with E-state index in [0.717, 1.165) is 11.6 Å². The molecule has 1 N–H and O–H groups in total. The summed E-state index contributed by atoms with van der Waals surface area (Å²) < 4.78 is 85.8. The van der Waals surface area contributed by atoms with E-state index in [2.05, 4.69) is 4.72 Å². The lowest BCUT2D eigenvalue weighted by atomic mass is 10.1. The SMILES string of the molecule is O=C(N1Cc2ccc(S(=O)(=O)Nc3ccc(OCc4ccccc4)cc3F)cc2C1)C(F)(F)F. The van der Waals surface area contributed by atoms with Gasteiger partial charge in [-0.3, -0.25) is 9.52 Å². The van der Waals surface area contributed by atoms with Crippen LogP contribution < -0.4 is 9.46 Å². The predicted octanol–water partition coefficient (Wildman–Crippen LogP) is 4.61. The highest BCUT2D eigenvalue weighted by molar-refractivity contribution is 7.92. The summed E-state index contributed by atoms with van der Waals surface area (Å²) in [6.07, 6.45) is -5.02. The highest BCUT2D eigenvalue weighted by Gasteiger charge is 2.44. The highest BCUT2D eigenvalue weighted by atomic mass is 32.2. The van der Waals surface area contributed by atoms with Gasteiger partial charge in [-0.25, -0.2) is 12.8 Å². The molecule has 0 spiro atoms. The molecule has 1 amide bonds. The molecular weight excluding hydrogens is 476 g/mol. The number of sulfonamides is 1. The van der Waals surface area contributed by atoms with Crippen molar-refractivity contribution in [1.82, 2.24) is 4.90 Å². The van der Waals surface area contributed by atoms with E-state index in [-0.39, 0.29) is 41.6 Å². The third kappa shape index (κ3) is 5.14. The molecule has 0 saturated heterocycles. The molecular formula is C23H18F4N2O4S. The number of nitrogens with zero attached hydrogens (tertiary/aromatic N) is 1. The van der Waals surface area contributed by atoms with E-state index >= 15 is 0 Å². The number of carbonyl (C=O) groups excluding carboxylic acids is 1. The molecule has 0 unspecified atom stereocenters. The van der Waals surface area contributed by atoms with Crippen LogP contribution in [0.1, 0.15) is 16.7 Å². The van der Waals surface area contributed by atoms with Crippen molar-refractivity contribution in [2.24, 2.45) is 0 Å². The number of hydrogen-bond donors (Lipinski definition) is 1. The normalized spacial score (nSPS) is 13.5. The van der Waals surface area contributed by atoms with Crippen LogP contribution in [0.25, 0.3) is 0 Å². The topological polar surface area (TPSA) is 75.7 Å². The average Bonchev–Trinajstić information content (AvgIpc) is 3.22. The summed E-state index contributed by atoms with van der Waals surface area (Å²) in [6, 6.07) is 16.6. The Labute approximate surface area is 192 Å². The third-order valence-corrected chi connectivity index (χ3v) is 6.54. The van der Waals surface area contributed by atoms with E-state index in [9.17, 15) is 30.8 Å². The Balaban J connectivity index is 1.46. The molecule has 0 aliphatic carbocycles. The summed E-state index contributed by atoms with van der Waals surface area (Å²) in [5.74, 6) is -2.66. The van der Waals surface area contributed by atoms with E-state index in [0.29, 0.717) is 10.5 Å². The van der Waals surface area contributed by atoms with Crippen molar-refractivity contribution in [3.8, 4) is 5.75 Å². The largest absolute Gasteiger partial charge is 0.489 e. The molecule has 4 rings (SSSR count). The van der Waals surface area contributed by atoms with Gasteiger partial charge in [0.25, 0.3) is 10.0 Å². The predicted molar refractivity (Wildman–Crippen MR) is 115 cm³/mol. The summed E-state index contributed by atoms with van der Waals surface area (Å²) >= 11 is 0. The van der Waals surface area contributed by atoms with Crippen molar-refractivity contribution in [2.45, 2.75) is 30.8 Å². The van der Waals surface area contributed by atoms with Crippen molar-refractivity contribution in [1.29, 1.82) is 0 Å². The third-order valence-electron chi connectivity index (χ3n) is 5.17. The molecule has 6 nitrogen and oxygen atoms in total. The summed E-state index contributed by atoms with van der Waals surface area (Å²) in [6.45, 7) is -0.451. The molecule has 34 heavy (non-hydrogen) atoms. The molecule has 0 saturated carbocycles. The second-order valence-electron chi connectivity index (χ2n) is 7.61. The Bertz CT molecular complexity index is 1330. The van der Waals surface area contributed by atoms with Crippen LogP contribution in [0.5, 0.6) is 5.75 Å². The van der Waals surface area contributed by atoms with E-state index in [4.69, 9.17) is 4.74 Å². The van der Waals surface area contributed by atoms with Gasteiger partial charge in [0, 0.05) is 19.2 Å². The van der Waals surface area contributed by atoms with Crippen LogP contribution in [0, 0.1) is 5.82 Å². The molecule has 0 atom stereocenters. The maximum absolute atomic E-state index is 14.5. The second kappa shape index (κ2) is 8.98. The second-order valence-corrected chi connectivity index (χ2v) is 9.29. The number of ether oxygens (including phenoxy) is 1. The van der Waals surface area contributed by atoms with Gasteiger partial charge in [0.2, 0.25) is 0 Å². The summed E-state index contributed by atoms with van der Waals surface area (Å²) in [5, 5.41) is 0. The number of amides is 1.